The number of fused-ring (bicyclic) bond motifs is 1. The van der Waals surface area contributed by atoms with Crippen LogP contribution in [0.4, 0.5) is 11.8 Å². The molecule has 2 aromatic rings. The summed E-state index contributed by atoms with van der Waals surface area (Å²) in [5.74, 6) is 1.47. The summed E-state index contributed by atoms with van der Waals surface area (Å²) in [6.07, 6.45) is 3.87. The van der Waals surface area contributed by atoms with Gasteiger partial charge >= 0.3 is 0 Å². The molecule has 3 N–H and O–H groups in total. The van der Waals surface area contributed by atoms with Gasteiger partial charge in [-0.15, -0.1) is 0 Å². The molecule has 2 rings (SSSR count). The molecule has 0 saturated carbocycles. The van der Waals surface area contributed by atoms with Crippen LogP contribution in [-0.2, 0) is 0 Å². The highest BCUT2D eigenvalue weighted by atomic mass is 15.2. The number of hydrogen-bond donors (Lipinski definition) is 3. The molecule has 0 aliphatic carbocycles. The lowest BCUT2D eigenvalue weighted by Crippen LogP contribution is -2.18. The maximum Gasteiger partial charge on any atom is 0.226 e. The van der Waals surface area contributed by atoms with Crippen molar-refractivity contribution in [2.24, 2.45) is 0 Å². The van der Waals surface area contributed by atoms with E-state index in [4.69, 9.17) is 0 Å². The second-order valence-electron chi connectivity index (χ2n) is 6.20. The molecule has 128 valence electrons. The number of nitrogens with zero attached hydrogens (tertiary/aromatic N) is 5. The second kappa shape index (κ2) is 8.64. The Balaban J connectivity index is 1.96. The van der Waals surface area contributed by atoms with Gasteiger partial charge in [0.2, 0.25) is 5.95 Å². The van der Waals surface area contributed by atoms with E-state index in [0.29, 0.717) is 5.95 Å². The topological polar surface area (TPSA) is 85.0 Å². The maximum atomic E-state index is 4.59. The minimum Gasteiger partial charge on any atom is -0.369 e. The number of hydrogen-bond acceptors (Lipinski definition) is 7. The smallest absolute Gasteiger partial charge is 0.226 e. The molecule has 0 radical (unpaired) electrons. The summed E-state index contributed by atoms with van der Waals surface area (Å²) in [7, 11) is 8.30. The van der Waals surface area contributed by atoms with Crippen LogP contribution < -0.4 is 10.6 Å². The minimum absolute atomic E-state index is 0.635. The molecule has 0 fully saturated rings. The molecule has 0 saturated heterocycles. The molecule has 0 aliphatic heterocycles. The van der Waals surface area contributed by atoms with Gasteiger partial charge in [-0.2, -0.15) is 15.1 Å². The third-order valence-corrected chi connectivity index (χ3v) is 3.45. The fourth-order valence-electron chi connectivity index (χ4n) is 2.25. The van der Waals surface area contributed by atoms with Crippen molar-refractivity contribution in [3.05, 3.63) is 6.20 Å². The Morgan fingerprint density at radius 1 is 0.957 bits per heavy atom. The lowest BCUT2D eigenvalue weighted by atomic mass is 10.3. The van der Waals surface area contributed by atoms with Crippen molar-refractivity contribution in [3.63, 3.8) is 0 Å². The average molecular weight is 320 g/mol. The average Bonchev–Trinajstić information content (AvgIpc) is 2.96. The molecule has 0 spiro atoms. The first-order chi connectivity index (χ1) is 11.1. The van der Waals surface area contributed by atoms with Crippen molar-refractivity contribution >= 4 is 22.8 Å². The van der Waals surface area contributed by atoms with E-state index in [0.717, 1.165) is 55.9 Å². The van der Waals surface area contributed by atoms with Gasteiger partial charge in [0.15, 0.2) is 5.65 Å². The van der Waals surface area contributed by atoms with E-state index < -0.39 is 0 Å². The van der Waals surface area contributed by atoms with Crippen LogP contribution in [0.15, 0.2) is 6.20 Å². The number of aromatic amines is 1. The van der Waals surface area contributed by atoms with Gasteiger partial charge < -0.3 is 20.4 Å². The number of anilines is 2. The normalized spacial score (nSPS) is 11.6. The van der Waals surface area contributed by atoms with Gasteiger partial charge in [-0.1, -0.05) is 0 Å². The number of nitrogens with one attached hydrogen (secondary N) is 3. The molecule has 0 atom stereocenters. The maximum absolute atomic E-state index is 4.59. The molecule has 2 aromatic heterocycles. The van der Waals surface area contributed by atoms with Gasteiger partial charge in [0.1, 0.15) is 5.82 Å². The summed E-state index contributed by atoms with van der Waals surface area (Å²) in [5, 5.41) is 14.6. The Morgan fingerprint density at radius 3 is 2.26 bits per heavy atom. The molecule has 2 heterocycles. The molecule has 8 heteroatoms. The number of H-pyrrole nitrogens is 1. The van der Waals surface area contributed by atoms with E-state index in [2.05, 4.69) is 68.8 Å². The minimum atomic E-state index is 0.635. The lowest BCUT2D eigenvalue weighted by molar-refractivity contribution is 0.405. The summed E-state index contributed by atoms with van der Waals surface area (Å²) in [6, 6.07) is 0. The largest absolute Gasteiger partial charge is 0.369 e. The zero-order valence-corrected chi connectivity index (χ0v) is 14.6. The summed E-state index contributed by atoms with van der Waals surface area (Å²) in [6.45, 7) is 3.80. The van der Waals surface area contributed by atoms with E-state index >= 15 is 0 Å². The predicted molar refractivity (Wildman–Crippen MR) is 95.0 cm³/mol. The van der Waals surface area contributed by atoms with E-state index in [9.17, 15) is 0 Å². The second-order valence-corrected chi connectivity index (χ2v) is 6.20. The Labute approximate surface area is 137 Å². The zero-order chi connectivity index (χ0) is 16.7. The highest BCUT2D eigenvalue weighted by Crippen LogP contribution is 2.19. The fraction of sp³-hybridized carbons (Fsp3) is 0.667. The van der Waals surface area contributed by atoms with Crippen LogP contribution >= 0.6 is 0 Å². The van der Waals surface area contributed by atoms with Crippen LogP contribution in [-0.4, -0.2) is 84.3 Å². The first-order valence-electron chi connectivity index (χ1n) is 8.04. The summed E-state index contributed by atoms with van der Waals surface area (Å²) in [5.41, 5.74) is 0.755. The Morgan fingerprint density at radius 2 is 1.61 bits per heavy atom. The SMILES string of the molecule is CN(C)CCCNc1nc(NCCCN(C)C)c2cn[nH]c2n1. The molecular weight excluding hydrogens is 292 g/mol. The molecular formula is C15H28N8. The molecule has 0 bridgehead atoms. The van der Waals surface area contributed by atoms with Crippen LogP contribution in [0.1, 0.15) is 12.8 Å². The summed E-state index contributed by atoms with van der Waals surface area (Å²) < 4.78 is 0. The Bertz CT molecular complexity index is 592. The van der Waals surface area contributed by atoms with E-state index in [1.54, 1.807) is 6.20 Å². The molecule has 8 nitrogen and oxygen atoms in total. The first kappa shape index (κ1) is 17.4. The summed E-state index contributed by atoms with van der Waals surface area (Å²) in [4.78, 5) is 13.4. The molecule has 0 amide bonds. The molecule has 0 aliphatic rings. The van der Waals surface area contributed by atoms with Crippen LogP contribution in [0.3, 0.4) is 0 Å². The third-order valence-electron chi connectivity index (χ3n) is 3.45. The van der Waals surface area contributed by atoms with Crippen LogP contribution in [0, 0.1) is 0 Å². The van der Waals surface area contributed by atoms with Crippen LogP contribution in [0.2, 0.25) is 0 Å². The van der Waals surface area contributed by atoms with E-state index in [1.165, 1.54) is 0 Å². The highest BCUT2D eigenvalue weighted by molar-refractivity contribution is 5.86. The molecule has 23 heavy (non-hydrogen) atoms. The molecule has 0 unspecified atom stereocenters. The van der Waals surface area contributed by atoms with Gasteiger partial charge in [-0.3, -0.25) is 5.10 Å². The Hall–Kier alpha value is -1.93. The van der Waals surface area contributed by atoms with Gasteiger partial charge in [0.25, 0.3) is 0 Å². The van der Waals surface area contributed by atoms with Gasteiger partial charge in [0, 0.05) is 13.1 Å². The highest BCUT2D eigenvalue weighted by Gasteiger charge is 2.09. The zero-order valence-electron chi connectivity index (χ0n) is 14.6. The third kappa shape index (κ3) is 5.65. The van der Waals surface area contributed by atoms with Crippen molar-refractivity contribution in [3.8, 4) is 0 Å². The Kier molecular flexibility index (Phi) is 6.54. The first-order valence-corrected chi connectivity index (χ1v) is 8.04. The van der Waals surface area contributed by atoms with Crippen molar-refractivity contribution in [2.45, 2.75) is 12.8 Å². The standard InChI is InChI=1S/C15H28N8/c1-22(2)9-5-7-16-13-12-11-18-21-14(12)20-15(19-13)17-8-6-10-23(3)4/h11H,5-10H2,1-4H3,(H3,16,17,18,19,20,21). The quantitative estimate of drug-likeness (QED) is 0.565. The van der Waals surface area contributed by atoms with Crippen molar-refractivity contribution in [2.75, 3.05) is 65.0 Å². The van der Waals surface area contributed by atoms with E-state index in [1.807, 2.05) is 0 Å². The van der Waals surface area contributed by atoms with Gasteiger partial charge in [-0.25, -0.2) is 0 Å². The van der Waals surface area contributed by atoms with Crippen LogP contribution in [0.25, 0.3) is 11.0 Å². The number of rotatable bonds is 10. The fourth-order valence-corrected chi connectivity index (χ4v) is 2.25. The summed E-state index contributed by atoms with van der Waals surface area (Å²) >= 11 is 0. The van der Waals surface area contributed by atoms with Crippen molar-refractivity contribution < 1.29 is 0 Å². The van der Waals surface area contributed by atoms with Crippen molar-refractivity contribution in [1.29, 1.82) is 0 Å². The van der Waals surface area contributed by atoms with Crippen LogP contribution in [0.5, 0.6) is 0 Å². The van der Waals surface area contributed by atoms with Crippen molar-refractivity contribution in [1.82, 2.24) is 30.0 Å². The number of aromatic nitrogens is 4. The molecule has 0 aromatic carbocycles. The van der Waals surface area contributed by atoms with Gasteiger partial charge in [-0.05, 0) is 54.1 Å². The predicted octanol–water partition coefficient (Wildman–Crippen LogP) is 1.08. The monoisotopic (exact) mass is 320 g/mol. The van der Waals surface area contributed by atoms with E-state index in [-0.39, 0.29) is 0 Å². The lowest BCUT2D eigenvalue weighted by Gasteiger charge is -2.12. The van der Waals surface area contributed by atoms with Gasteiger partial charge in [0.05, 0.1) is 11.6 Å².